The lowest BCUT2D eigenvalue weighted by molar-refractivity contribution is -0.118. The Morgan fingerprint density at radius 3 is 2.47 bits per heavy atom. The molecule has 1 aromatic rings. The van der Waals surface area contributed by atoms with Crippen LogP contribution in [0.1, 0.15) is 56.8 Å². The number of rotatable bonds is 5. The highest BCUT2D eigenvalue weighted by molar-refractivity contribution is 6.10. The fourth-order valence-corrected chi connectivity index (χ4v) is 4.43. The lowest BCUT2D eigenvalue weighted by atomic mass is 9.84. The van der Waals surface area contributed by atoms with Crippen molar-refractivity contribution in [1.82, 2.24) is 9.80 Å². The summed E-state index contributed by atoms with van der Waals surface area (Å²) in [6.07, 6.45) is 1.45. The number of hydrogen-bond donors (Lipinski definition) is 1. The van der Waals surface area contributed by atoms with E-state index in [2.05, 4.69) is 25.7 Å². The van der Waals surface area contributed by atoms with Crippen LogP contribution >= 0.6 is 0 Å². The lowest BCUT2D eigenvalue weighted by Gasteiger charge is -2.46. The van der Waals surface area contributed by atoms with Crippen LogP contribution < -0.4 is 4.90 Å². The largest absolute Gasteiger partial charge is 0.465 e. The molecule has 30 heavy (non-hydrogen) atoms. The third kappa shape index (κ3) is 5.01. The number of fused-ring (bicyclic) bond motifs is 1. The summed E-state index contributed by atoms with van der Waals surface area (Å²) < 4.78 is 0. The molecular weight excluding hydrogens is 382 g/mol. The summed E-state index contributed by atoms with van der Waals surface area (Å²) in [5, 5.41) is 9.51. The van der Waals surface area contributed by atoms with E-state index in [9.17, 15) is 19.5 Å². The van der Waals surface area contributed by atoms with Crippen LogP contribution in [0.15, 0.2) is 24.3 Å². The second-order valence-electron chi connectivity index (χ2n) is 9.35. The first-order valence-corrected chi connectivity index (χ1v) is 10.8. The van der Waals surface area contributed by atoms with Gasteiger partial charge >= 0.3 is 6.09 Å². The van der Waals surface area contributed by atoms with Gasteiger partial charge in [0.25, 0.3) is 0 Å². The zero-order valence-corrected chi connectivity index (χ0v) is 18.3. The molecule has 7 heteroatoms. The number of anilines is 1. The normalized spacial score (nSPS) is 20.8. The minimum absolute atomic E-state index is 0.0103. The Labute approximate surface area is 178 Å². The van der Waals surface area contributed by atoms with Gasteiger partial charge in [0.2, 0.25) is 5.91 Å². The molecule has 0 aromatic heterocycles. The molecule has 1 fully saturated rings. The van der Waals surface area contributed by atoms with Gasteiger partial charge in [-0.05, 0) is 36.9 Å². The first-order chi connectivity index (χ1) is 14.2. The van der Waals surface area contributed by atoms with Gasteiger partial charge in [-0.25, -0.2) is 4.79 Å². The molecule has 1 aromatic carbocycles. The van der Waals surface area contributed by atoms with Gasteiger partial charge in [-0.2, -0.15) is 0 Å². The SMILES string of the molecule is CC(C)(C)C1CN(CCCCN2C(=O)CCC(=O)c3ccccc32)CCN1C(=O)O. The fraction of sp³-hybridized carbons (Fsp3) is 0.609. The zero-order valence-electron chi connectivity index (χ0n) is 18.3. The maximum absolute atomic E-state index is 12.6. The third-order valence-electron chi connectivity index (χ3n) is 6.18. The molecule has 3 rings (SSSR count). The summed E-state index contributed by atoms with van der Waals surface area (Å²) in [7, 11) is 0. The van der Waals surface area contributed by atoms with Gasteiger partial charge in [-0.15, -0.1) is 0 Å². The van der Waals surface area contributed by atoms with Crippen molar-refractivity contribution in [3.05, 3.63) is 29.8 Å². The number of para-hydroxylation sites is 1. The Morgan fingerprint density at radius 2 is 1.77 bits per heavy atom. The molecule has 2 aliphatic heterocycles. The molecule has 1 unspecified atom stereocenters. The fourth-order valence-electron chi connectivity index (χ4n) is 4.43. The number of hydrogen-bond acceptors (Lipinski definition) is 4. The number of unbranched alkanes of at least 4 members (excludes halogenated alkanes) is 1. The van der Waals surface area contributed by atoms with E-state index in [4.69, 9.17) is 0 Å². The minimum atomic E-state index is -0.845. The average Bonchev–Trinajstić information content (AvgIpc) is 2.82. The lowest BCUT2D eigenvalue weighted by Crippen LogP contribution is -2.59. The van der Waals surface area contributed by atoms with E-state index in [-0.39, 0.29) is 36.0 Å². The van der Waals surface area contributed by atoms with Crippen molar-refractivity contribution in [3.63, 3.8) is 0 Å². The van der Waals surface area contributed by atoms with Crippen LogP contribution in [0.4, 0.5) is 10.5 Å². The van der Waals surface area contributed by atoms with Crippen LogP contribution in [0.3, 0.4) is 0 Å². The van der Waals surface area contributed by atoms with Crippen molar-refractivity contribution in [2.24, 2.45) is 5.41 Å². The van der Waals surface area contributed by atoms with Crippen molar-refractivity contribution in [2.75, 3.05) is 37.6 Å². The number of nitrogens with zero attached hydrogens (tertiary/aromatic N) is 3. The highest BCUT2D eigenvalue weighted by Crippen LogP contribution is 2.29. The Kier molecular flexibility index (Phi) is 6.81. The van der Waals surface area contributed by atoms with Crippen LogP contribution in [-0.4, -0.2) is 71.5 Å². The average molecular weight is 416 g/mol. The van der Waals surface area contributed by atoms with E-state index in [0.717, 1.165) is 38.2 Å². The Morgan fingerprint density at radius 1 is 1.07 bits per heavy atom. The smallest absolute Gasteiger partial charge is 0.407 e. The molecule has 0 spiro atoms. The van der Waals surface area contributed by atoms with Crippen LogP contribution in [0, 0.1) is 5.41 Å². The number of carbonyl (C=O) groups excluding carboxylic acids is 2. The molecule has 0 radical (unpaired) electrons. The molecule has 0 saturated carbocycles. The van der Waals surface area contributed by atoms with E-state index in [1.807, 2.05) is 18.2 Å². The predicted molar refractivity (Wildman–Crippen MR) is 116 cm³/mol. The zero-order chi connectivity index (χ0) is 21.9. The topological polar surface area (TPSA) is 81.2 Å². The molecule has 7 nitrogen and oxygen atoms in total. The highest BCUT2D eigenvalue weighted by atomic mass is 16.4. The van der Waals surface area contributed by atoms with E-state index < -0.39 is 6.09 Å². The first-order valence-electron chi connectivity index (χ1n) is 10.8. The summed E-state index contributed by atoms with van der Waals surface area (Å²) in [5.74, 6) is 0.0437. The van der Waals surface area contributed by atoms with E-state index in [1.165, 1.54) is 0 Å². The molecule has 1 saturated heterocycles. The van der Waals surface area contributed by atoms with Crippen molar-refractivity contribution in [2.45, 2.75) is 52.5 Å². The quantitative estimate of drug-likeness (QED) is 0.745. The molecular formula is C23H33N3O4. The number of carbonyl (C=O) groups is 3. The maximum atomic E-state index is 12.6. The Balaban J connectivity index is 1.56. The first kappa shape index (κ1) is 22.3. The Bertz CT molecular complexity index is 802. The van der Waals surface area contributed by atoms with Crippen molar-refractivity contribution in [3.8, 4) is 0 Å². The molecule has 2 heterocycles. The number of carboxylic acid groups (broad SMARTS) is 1. The number of Topliss-reactive ketones (excluding diaryl/α,β-unsaturated/α-hetero) is 1. The van der Waals surface area contributed by atoms with Gasteiger partial charge in [0.1, 0.15) is 0 Å². The van der Waals surface area contributed by atoms with Gasteiger partial charge in [0.15, 0.2) is 5.78 Å². The summed E-state index contributed by atoms with van der Waals surface area (Å²) in [6, 6.07) is 7.33. The predicted octanol–water partition coefficient (Wildman–Crippen LogP) is 3.49. The number of ketones is 1. The van der Waals surface area contributed by atoms with Gasteiger partial charge < -0.3 is 14.9 Å². The summed E-state index contributed by atoms with van der Waals surface area (Å²) in [5.41, 5.74) is 1.25. The van der Waals surface area contributed by atoms with Gasteiger partial charge in [0.05, 0.1) is 11.7 Å². The molecule has 2 aliphatic rings. The summed E-state index contributed by atoms with van der Waals surface area (Å²) in [4.78, 5) is 42.1. The number of piperazine rings is 1. The monoisotopic (exact) mass is 415 g/mol. The molecule has 0 bridgehead atoms. The van der Waals surface area contributed by atoms with Crippen LogP contribution in [-0.2, 0) is 4.79 Å². The standard InChI is InChI=1S/C23H33N3O4/c1-23(2,3)20-16-24(14-15-26(20)22(29)30)12-6-7-13-25-18-9-5-4-8-17(18)19(27)10-11-21(25)28/h4-5,8-9,20H,6-7,10-16H2,1-3H3,(H,29,30). The van der Waals surface area contributed by atoms with Crippen molar-refractivity contribution in [1.29, 1.82) is 0 Å². The van der Waals surface area contributed by atoms with Gasteiger partial charge in [0, 0.05) is 44.6 Å². The molecule has 1 N–H and O–H groups in total. The van der Waals surface area contributed by atoms with Crippen molar-refractivity contribution >= 4 is 23.5 Å². The summed E-state index contributed by atoms with van der Waals surface area (Å²) >= 11 is 0. The van der Waals surface area contributed by atoms with Crippen LogP contribution in [0.25, 0.3) is 0 Å². The third-order valence-corrected chi connectivity index (χ3v) is 6.18. The maximum Gasteiger partial charge on any atom is 0.407 e. The van der Waals surface area contributed by atoms with E-state index in [1.54, 1.807) is 15.9 Å². The van der Waals surface area contributed by atoms with Gasteiger partial charge in [-0.3, -0.25) is 14.5 Å². The molecule has 2 amide bonds. The van der Waals surface area contributed by atoms with Crippen molar-refractivity contribution < 1.29 is 19.5 Å². The molecule has 1 atom stereocenters. The van der Waals surface area contributed by atoms with E-state index in [0.29, 0.717) is 18.7 Å². The van der Waals surface area contributed by atoms with Crippen LogP contribution in [0.5, 0.6) is 0 Å². The second kappa shape index (κ2) is 9.16. The Hall–Kier alpha value is -2.41. The highest BCUT2D eigenvalue weighted by Gasteiger charge is 2.37. The number of benzene rings is 1. The second-order valence-corrected chi connectivity index (χ2v) is 9.35. The van der Waals surface area contributed by atoms with Gasteiger partial charge in [-0.1, -0.05) is 32.9 Å². The van der Waals surface area contributed by atoms with E-state index >= 15 is 0 Å². The minimum Gasteiger partial charge on any atom is -0.465 e. The van der Waals surface area contributed by atoms with Crippen LogP contribution in [0.2, 0.25) is 0 Å². The molecule has 164 valence electrons. The number of amides is 2. The summed E-state index contributed by atoms with van der Waals surface area (Å²) in [6.45, 7) is 9.72. The molecule has 0 aliphatic carbocycles.